The fourth-order valence-corrected chi connectivity index (χ4v) is 3.58. The van der Waals surface area contributed by atoms with Crippen LogP contribution in [-0.4, -0.2) is 25.0 Å². The van der Waals surface area contributed by atoms with E-state index in [-0.39, 0.29) is 0 Å². The Hall–Kier alpha value is -0.510. The van der Waals surface area contributed by atoms with Gasteiger partial charge in [0.1, 0.15) is 0 Å². The van der Waals surface area contributed by atoms with Crippen molar-refractivity contribution in [1.29, 1.82) is 0 Å². The van der Waals surface area contributed by atoms with Gasteiger partial charge in [0.25, 0.3) is 0 Å². The van der Waals surface area contributed by atoms with Crippen LogP contribution in [0.25, 0.3) is 0 Å². The minimum Gasteiger partial charge on any atom is -0.380 e. The minimum atomic E-state index is 0.432. The smallest absolute Gasteiger partial charge is 0.0622 e. The Kier molecular flexibility index (Phi) is 5.74. The summed E-state index contributed by atoms with van der Waals surface area (Å²) in [6.07, 6.45) is 1.21. The van der Waals surface area contributed by atoms with Crippen molar-refractivity contribution in [2.24, 2.45) is 5.92 Å². The zero-order valence-corrected chi connectivity index (χ0v) is 13.0. The second kappa shape index (κ2) is 7.32. The highest BCUT2D eigenvalue weighted by atomic mass is 32.2. The molecule has 0 saturated carbocycles. The van der Waals surface area contributed by atoms with Gasteiger partial charge < -0.3 is 10.1 Å². The number of fused-ring (bicyclic) bond motifs is 1. The number of nitrogens with one attached hydrogen (secondary N) is 1. The first-order valence-electron chi connectivity index (χ1n) is 7.28. The first-order valence-corrected chi connectivity index (χ1v) is 8.26. The number of hydrogen-bond donors (Lipinski definition) is 1. The average molecular weight is 279 g/mol. The normalized spacial score (nSPS) is 20.3. The molecule has 3 heteroatoms. The van der Waals surface area contributed by atoms with Crippen molar-refractivity contribution in [3.05, 3.63) is 29.8 Å². The fraction of sp³-hybridized carbons (Fsp3) is 0.625. The van der Waals surface area contributed by atoms with Crippen LogP contribution in [0.1, 0.15) is 38.8 Å². The maximum Gasteiger partial charge on any atom is 0.0622 e. The van der Waals surface area contributed by atoms with Crippen molar-refractivity contribution < 1.29 is 4.74 Å². The van der Waals surface area contributed by atoms with E-state index in [1.54, 1.807) is 0 Å². The van der Waals surface area contributed by atoms with Gasteiger partial charge in [0.2, 0.25) is 0 Å². The molecule has 106 valence electrons. The van der Waals surface area contributed by atoms with E-state index >= 15 is 0 Å². The van der Waals surface area contributed by atoms with E-state index in [9.17, 15) is 0 Å². The summed E-state index contributed by atoms with van der Waals surface area (Å²) < 4.78 is 5.62. The molecule has 1 heterocycles. The van der Waals surface area contributed by atoms with E-state index in [0.29, 0.717) is 18.0 Å². The van der Waals surface area contributed by atoms with E-state index in [2.05, 4.69) is 50.4 Å². The molecule has 19 heavy (non-hydrogen) atoms. The lowest BCUT2D eigenvalue weighted by molar-refractivity contribution is 0.103. The molecule has 1 aromatic carbocycles. The molecule has 2 nitrogen and oxygen atoms in total. The summed E-state index contributed by atoms with van der Waals surface area (Å²) in [5.41, 5.74) is 1.46. The number of ether oxygens (including phenoxy) is 1. The van der Waals surface area contributed by atoms with Crippen molar-refractivity contribution in [2.75, 3.05) is 19.0 Å². The van der Waals surface area contributed by atoms with E-state index in [1.807, 2.05) is 11.8 Å². The third kappa shape index (κ3) is 3.98. The van der Waals surface area contributed by atoms with Crippen LogP contribution in [0.5, 0.6) is 0 Å². The molecule has 0 saturated heterocycles. The second-order valence-corrected chi connectivity index (χ2v) is 6.54. The molecule has 0 amide bonds. The second-order valence-electron chi connectivity index (χ2n) is 5.40. The Balaban J connectivity index is 2.05. The average Bonchev–Trinajstić information content (AvgIpc) is 2.43. The van der Waals surface area contributed by atoms with E-state index in [4.69, 9.17) is 4.74 Å². The standard InChI is InChI=1S/C16H25NOS/c1-4-18-11-15(12(2)3)17-14-9-10-19-16-8-6-5-7-13(14)16/h5-8,12,14-15,17H,4,9-11H2,1-3H3. The van der Waals surface area contributed by atoms with Gasteiger partial charge in [-0.05, 0) is 36.6 Å². The Labute approximate surface area is 121 Å². The highest BCUT2D eigenvalue weighted by molar-refractivity contribution is 7.99. The minimum absolute atomic E-state index is 0.432. The summed E-state index contributed by atoms with van der Waals surface area (Å²) in [7, 11) is 0. The molecule has 2 unspecified atom stereocenters. The zero-order valence-electron chi connectivity index (χ0n) is 12.2. The van der Waals surface area contributed by atoms with E-state index in [0.717, 1.165) is 13.2 Å². The van der Waals surface area contributed by atoms with Crippen LogP contribution < -0.4 is 5.32 Å². The molecule has 0 aliphatic carbocycles. The summed E-state index contributed by atoms with van der Waals surface area (Å²) in [6, 6.07) is 9.69. The van der Waals surface area contributed by atoms with Gasteiger partial charge in [-0.25, -0.2) is 0 Å². The van der Waals surface area contributed by atoms with Gasteiger partial charge in [-0.3, -0.25) is 0 Å². The molecular weight excluding hydrogens is 254 g/mol. The predicted octanol–water partition coefficient (Wildman–Crippen LogP) is 3.87. The van der Waals surface area contributed by atoms with Crippen molar-refractivity contribution in [2.45, 2.75) is 44.2 Å². The fourth-order valence-electron chi connectivity index (χ4n) is 2.45. The van der Waals surface area contributed by atoms with E-state index in [1.165, 1.54) is 22.6 Å². The van der Waals surface area contributed by atoms with Crippen molar-refractivity contribution >= 4 is 11.8 Å². The molecule has 0 spiro atoms. The van der Waals surface area contributed by atoms with Crippen LogP contribution >= 0.6 is 11.8 Å². The molecule has 2 atom stereocenters. The number of rotatable bonds is 6. The molecular formula is C16H25NOS. The van der Waals surface area contributed by atoms with Crippen molar-refractivity contribution in [3.8, 4) is 0 Å². The summed E-state index contributed by atoms with van der Waals surface area (Å²) in [5.74, 6) is 1.79. The lowest BCUT2D eigenvalue weighted by Crippen LogP contribution is -2.41. The Morgan fingerprint density at radius 1 is 1.37 bits per heavy atom. The molecule has 0 fully saturated rings. The maximum atomic E-state index is 5.62. The quantitative estimate of drug-likeness (QED) is 0.854. The molecule has 0 aromatic heterocycles. The third-order valence-corrected chi connectivity index (χ3v) is 4.80. The zero-order chi connectivity index (χ0) is 13.7. The van der Waals surface area contributed by atoms with Crippen LogP contribution in [0.15, 0.2) is 29.2 Å². The van der Waals surface area contributed by atoms with Crippen LogP contribution in [0.4, 0.5) is 0 Å². The van der Waals surface area contributed by atoms with Crippen LogP contribution in [-0.2, 0) is 4.74 Å². The monoisotopic (exact) mass is 279 g/mol. The highest BCUT2D eigenvalue weighted by Gasteiger charge is 2.24. The van der Waals surface area contributed by atoms with Crippen molar-refractivity contribution in [3.63, 3.8) is 0 Å². The molecule has 1 aliphatic heterocycles. The highest BCUT2D eigenvalue weighted by Crippen LogP contribution is 2.36. The molecule has 1 aliphatic rings. The van der Waals surface area contributed by atoms with Gasteiger partial charge in [-0.15, -0.1) is 11.8 Å². The van der Waals surface area contributed by atoms with E-state index < -0.39 is 0 Å². The summed E-state index contributed by atoms with van der Waals surface area (Å²) >= 11 is 1.97. The Morgan fingerprint density at radius 3 is 2.89 bits per heavy atom. The van der Waals surface area contributed by atoms with Gasteiger partial charge in [0, 0.05) is 23.6 Å². The van der Waals surface area contributed by atoms with Crippen LogP contribution in [0.3, 0.4) is 0 Å². The maximum absolute atomic E-state index is 5.62. The SMILES string of the molecule is CCOCC(NC1CCSc2ccccc21)C(C)C. The van der Waals surface area contributed by atoms with Crippen molar-refractivity contribution in [1.82, 2.24) is 5.32 Å². The van der Waals surface area contributed by atoms with Gasteiger partial charge in [-0.2, -0.15) is 0 Å². The molecule has 1 N–H and O–H groups in total. The number of hydrogen-bond acceptors (Lipinski definition) is 3. The number of benzene rings is 1. The predicted molar refractivity (Wildman–Crippen MR) is 82.8 cm³/mol. The van der Waals surface area contributed by atoms with Gasteiger partial charge in [0.05, 0.1) is 6.61 Å². The first-order chi connectivity index (χ1) is 9.22. The third-order valence-electron chi connectivity index (χ3n) is 3.68. The largest absolute Gasteiger partial charge is 0.380 e. The van der Waals surface area contributed by atoms with Gasteiger partial charge >= 0.3 is 0 Å². The van der Waals surface area contributed by atoms with Crippen LogP contribution in [0, 0.1) is 5.92 Å². The lowest BCUT2D eigenvalue weighted by Gasteiger charge is -2.32. The topological polar surface area (TPSA) is 21.3 Å². The lowest BCUT2D eigenvalue weighted by atomic mass is 9.99. The molecule has 2 rings (SSSR count). The summed E-state index contributed by atoms with van der Waals surface area (Å²) in [4.78, 5) is 1.44. The summed E-state index contributed by atoms with van der Waals surface area (Å²) in [5, 5.41) is 3.81. The molecule has 1 aromatic rings. The molecule has 0 bridgehead atoms. The Morgan fingerprint density at radius 2 is 2.16 bits per heavy atom. The van der Waals surface area contributed by atoms with Gasteiger partial charge in [0.15, 0.2) is 0 Å². The summed E-state index contributed by atoms with van der Waals surface area (Å²) in [6.45, 7) is 8.19. The number of thioether (sulfide) groups is 1. The first kappa shape index (κ1) is 14.9. The Bertz CT molecular complexity index is 394. The van der Waals surface area contributed by atoms with Crippen LogP contribution in [0.2, 0.25) is 0 Å². The van der Waals surface area contributed by atoms with Gasteiger partial charge in [-0.1, -0.05) is 32.0 Å². The molecule has 0 radical (unpaired) electrons.